The van der Waals surface area contributed by atoms with Gasteiger partial charge in [0, 0.05) is 30.9 Å². The molecule has 1 aliphatic rings. The molecular formula is C27H30N4O2. The van der Waals surface area contributed by atoms with Crippen LogP contribution in [0.15, 0.2) is 71.9 Å². The highest BCUT2D eigenvalue weighted by atomic mass is 16.5. The maximum absolute atomic E-state index is 12.6. The summed E-state index contributed by atoms with van der Waals surface area (Å²) in [6, 6.07) is 19.5. The van der Waals surface area contributed by atoms with Crippen LogP contribution in [-0.2, 0) is 11.8 Å². The number of rotatable bonds is 7. The molecule has 6 nitrogen and oxygen atoms in total. The summed E-state index contributed by atoms with van der Waals surface area (Å²) in [4.78, 5) is 21.4. The maximum Gasteiger partial charge on any atom is 0.251 e. The molecule has 1 aromatic heterocycles. The quantitative estimate of drug-likeness (QED) is 0.565. The Bertz CT molecular complexity index is 1160. The molecule has 2 aromatic carbocycles. The van der Waals surface area contributed by atoms with Crippen LogP contribution in [0.3, 0.4) is 0 Å². The normalized spacial score (nSPS) is 13.2. The Morgan fingerprint density at radius 3 is 2.67 bits per heavy atom. The second kappa shape index (κ2) is 9.86. The van der Waals surface area contributed by atoms with Crippen LogP contribution < -0.4 is 15.4 Å². The maximum atomic E-state index is 12.6. The van der Waals surface area contributed by atoms with E-state index in [1.54, 1.807) is 6.20 Å². The van der Waals surface area contributed by atoms with E-state index in [2.05, 4.69) is 47.4 Å². The summed E-state index contributed by atoms with van der Waals surface area (Å²) in [7, 11) is 0. The van der Waals surface area contributed by atoms with E-state index in [0.29, 0.717) is 24.3 Å². The van der Waals surface area contributed by atoms with Crippen molar-refractivity contribution < 1.29 is 9.53 Å². The third-order valence-corrected chi connectivity index (χ3v) is 5.47. The molecular weight excluding hydrogens is 412 g/mol. The second-order valence-electron chi connectivity index (χ2n) is 9.12. The molecule has 3 aromatic rings. The third kappa shape index (κ3) is 5.98. The smallest absolute Gasteiger partial charge is 0.251 e. The van der Waals surface area contributed by atoms with Gasteiger partial charge in [-0.3, -0.25) is 14.8 Å². The van der Waals surface area contributed by atoms with Crippen LogP contribution in [-0.4, -0.2) is 36.4 Å². The number of nitrogens with one attached hydrogen (secondary N) is 2. The number of aromatic nitrogens is 1. The molecule has 0 saturated heterocycles. The van der Waals surface area contributed by atoms with Gasteiger partial charge in [0.05, 0.1) is 6.54 Å². The van der Waals surface area contributed by atoms with Crippen molar-refractivity contribution in [3.8, 4) is 11.5 Å². The molecule has 1 aliphatic heterocycles. The fraction of sp³-hybridized carbons (Fsp3) is 0.296. The van der Waals surface area contributed by atoms with E-state index < -0.39 is 0 Å². The molecule has 0 unspecified atom stereocenters. The lowest BCUT2D eigenvalue weighted by molar-refractivity contribution is 0.0954. The Hall–Kier alpha value is -3.67. The van der Waals surface area contributed by atoms with Crippen molar-refractivity contribution in [2.45, 2.75) is 32.6 Å². The van der Waals surface area contributed by atoms with Crippen molar-refractivity contribution >= 4 is 11.7 Å². The molecule has 33 heavy (non-hydrogen) atoms. The topological polar surface area (TPSA) is 75.6 Å². The zero-order chi connectivity index (χ0) is 23.3. The van der Waals surface area contributed by atoms with Crippen LogP contribution in [0.25, 0.3) is 0 Å². The van der Waals surface area contributed by atoms with E-state index in [-0.39, 0.29) is 11.3 Å². The summed E-state index contributed by atoms with van der Waals surface area (Å²) in [5.41, 5.74) is 3.71. The molecule has 0 aliphatic carbocycles. The molecule has 6 heteroatoms. The molecule has 2 N–H and O–H groups in total. The molecule has 0 bridgehead atoms. The summed E-state index contributed by atoms with van der Waals surface area (Å²) < 4.78 is 6.05. The minimum atomic E-state index is -0.0544. The summed E-state index contributed by atoms with van der Waals surface area (Å²) in [5.74, 6) is 2.20. The number of ether oxygens (including phenoxy) is 1. The van der Waals surface area contributed by atoms with Crippen LogP contribution in [0.4, 0.5) is 0 Å². The molecule has 0 saturated carbocycles. The molecule has 0 spiro atoms. The number of hydrogen-bond donors (Lipinski definition) is 2. The van der Waals surface area contributed by atoms with E-state index >= 15 is 0 Å². The van der Waals surface area contributed by atoms with Crippen molar-refractivity contribution in [3.05, 3.63) is 89.2 Å². The number of benzene rings is 2. The number of carbonyl (C=O) groups is 1. The minimum absolute atomic E-state index is 0.00732. The van der Waals surface area contributed by atoms with Crippen molar-refractivity contribution in [1.29, 1.82) is 0 Å². The highest BCUT2D eigenvalue weighted by Gasteiger charge is 2.15. The van der Waals surface area contributed by atoms with Gasteiger partial charge < -0.3 is 15.4 Å². The van der Waals surface area contributed by atoms with Crippen LogP contribution in [0.1, 0.15) is 48.0 Å². The number of carbonyl (C=O) groups excluding carboxylic acids is 1. The molecule has 0 fully saturated rings. The molecule has 4 rings (SSSR count). The summed E-state index contributed by atoms with van der Waals surface area (Å²) in [6.07, 6.45) is 2.44. The van der Waals surface area contributed by atoms with Gasteiger partial charge in [0.1, 0.15) is 23.0 Å². The van der Waals surface area contributed by atoms with E-state index in [4.69, 9.17) is 4.74 Å². The zero-order valence-electron chi connectivity index (χ0n) is 19.4. The van der Waals surface area contributed by atoms with Crippen molar-refractivity contribution in [1.82, 2.24) is 15.6 Å². The van der Waals surface area contributed by atoms with Gasteiger partial charge in [-0.15, -0.1) is 0 Å². The van der Waals surface area contributed by atoms with Gasteiger partial charge in [0.15, 0.2) is 0 Å². The van der Waals surface area contributed by atoms with Crippen molar-refractivity contribution in [3.63, 3.8) is 0 Å². The lowest BCUT2D eigenvalue weighted by atomic mass is 9.86. The zero-order valence-corrected chi connectivity index (χ0v) is 19.4. The first-order chi connectivity index (χ1) is 15.9. The second-order valence-corrected chi connectivity index (χ2v) is 9.12. The fourth-order valence-electron chi connectivity index (χ4n) is 3.62. The van der Waals surface area contributed by atoms with Gasteiger partial charge in [-0.1, -0.05) is 45.0 Å². The number of amidine groups is 1. The predicted molar refractivity (Wildman–Crippen MR) is 131 cm³/mol. The van der Waals surface area contributed by atoms with Gasteiger partial charge in [-0.05, 0) is 53.3 Å². The Labute approximate surface area is 195 Å². The Morgan fingerprint density at radius 1 is 1.06 bits per heavy atom. The van der Waals surface area contributed by atoms with Crippen LogP contribution in [0.2, 0.25) is 0 Å². The van der Waals surface area contributed by atoms with Gasteiger partial charge in [-0.2, -0.15) is 0 Å². The first kappa shape index (κ1) is 22.5. The van der Waals surface area contributed by atoms with Gasteiger partial charge >= 0.3 is 0 Å². The van der Waals surface area contributed by atoms with Crippen LogP contribution in [0.5, 0.6) is 11.5 Å². The molecule has 2 heterocycles. The van der Waals surface area contributed by atoms with Crippen molar-refractivity contribution in [2.24, 2.45) is 4.99 Å². The van der Waals surface area contributed by atoms with Gasteiger partial charge in [-0.25, -0.2) is 0 Å². The van der Waals surface area contributed by atoms with E-state index in [0.717, 1.165) is 41.5 Å². The average Bonchev–Trinajstić information content (AvgIpc) is 3.34. The molecule has 1 amide bonds. The molecule has 0 atom stereocenters. The lowest BCUT2D eigenvalue weighted by Crippen LogP contribution is -2.26. The number of aliphatic imine (C=N–C) groups is 1. The van der Waals surface area contributed by atoms with E-state index in [9.17, 15) is 4.79 Å². The van der Waals surface area contributed by atoms with Gasteiger partial charge in [0.25, 0.3) is 5.91 Å². The Balaban J connectivity index is 1.34. The standard InChI is InChI=1S/C27H30N4O2/c1-27(2,3)21-8-5-7-20(17-21)26(32)31-12-10-19-6-4-9-22(16-19)33-23-11-13-28-24(18-23)25-29-14-15-30-25/h4-9,11,13,16-18H,10,12,14-15H2,1-3H3,(H,29,30)(H,31,32). The monoisotopic (exact) mass is 442 g/mol. The summed E-state index contributed by atoms with van der Waals surface area (Å²) in [6.45, 7) is 8.58. The molecule has 0 radical (unpaired) electrons. The SMILES string of the molecule is CC(C)(C)c1cccc(C(=O)NCCc2cccc(Oc3ccnc(C4=NCCN4)c3)c2)c1. The number of hydrogen-bond acceptors (Lipinski definition) is 5. The fourth-order valence-corrected chi connectivity index (χ4v) is 3.62. The first-order valence-electron chi connectivity index (χ1n) is 11.3. The predicted octanol–water partition coefficient (Wildman–Crippen LogP) is 4.49. The highest BCUT2D eigenvalue weighted by Crippen LogP contribution is 2.24. The van der Waals surface area contributed by atoms with Crippen LogP contribution in [0, 0.1) is 0 Å². The average molecular weight is 443 g/mol. The summed E-state index contributed by atoms with van der Waals surface area (Å²) >= 11 is 0. The van der Waals surface area contributed by atoms with Gasteiger partial charge in [0.2, 0.25) is 0 Å². The number of amides is 1. The summed E-state index contributed by atoms with van der Waals surface area (Å²) in [5, 5.41) is 6.25. The minimum Gasteiger partial charge on any atom is -0.457 e. The van der Waals surface area contributed by atoms with E-state index in [1.165, 1.54) is 0 Å². The molecule has 170 valence electrons. The Kier molecular flexibility index (Phi) is 6.73. The van der Waals surface area contributed by atoms with Crippen LogP contribution >= 0.6 is 0 Å². The largest absolute Gasteiger partial charge is 0.457 e. The number of nitrogens with zero attached hydrogens (tertiary/aromatic N) is 2. The number of pyridine rings is 1. The first-order valence-corrected chi connectivity index (χ1v) is 11.3. The van der Waals surface area contributed by atoms with E-state index in [1.807, 2.05) is 54.6 Å². The third-order valence-electron chi connectivity index (χ3n) is 5.47. The Morgan fingerprint density at radius 2 is 1.88 bits per heavy atom. The lowest BCUT2D eigenvalue weighted by Gasteiger charge is -2.19. The highest BCUT2D eigenvalue weighted by molar-refractivity contribution is 5.98. The van der Waals surface area contributed by atoms with Crippen molar-refractivity contribution in [2.75, 3.05) is 19.6 Å².